The fourth-order valence-electron chi connectivity index (χ4n) is 2.77. The zero-order chi connectivity index (χ0) is 13.5. The predicted molar refractivity (Wildman–Crippen MR) is 75.1 cm³/mol. The topological polar surface area (TPSA) is 25.4 Å². The molecule has 0 bridgehead atoms. The van der Waals surface area contributed by atoms with E-state index in [1.54, 1.807) is 12.3 Å². The third kappa shape index (κ3) is 2.58. The van der Waals surface area contributed by atoms with Crippen LogP contribution in [-0.4, -0.2) is 45.6 Å². The second kappa shape index (κ2) is 4.94. The SMILES string of the molecule is CC(C)N1CC2(C[C@@H](Oc3ncccc3F)CS2)C1. The number of aromatic nitrogens is 1. The molecule has 2 aliphatic heterocycles. The summed E-state index contributed by atoms with van der Waals surface area (Å²) < 4.78 is 19.5. The molecular weight excluding hydrogens is 263 g/mol. The summed E-state index contributed by atoms with van der Waals surface area (Å²) in [5, 5.41) is 0. The zero-order valence-electron chi connectivity index (χ0n) is 11.3. The Bertz CT molecular complexity index is 463. The van der Waals surface area contributed by atoms with Crippen LogP contribution < -0.4 is 4.74 Å². The number of nitrogens with zero attached hydrogens (tertiary/aromatic N) is 2. The predicted octanol–water partition coefficient (Wildman–Crippen LogP) is 2.57. The van der Waals surface area contributed by atoms with Crippen LogP contribution in [0, 0.1) is 5.82 Å². The number of ether oxygens (including phenoxy) is 1. The third-order valence-corrected chi connectivity index (χ3v) is 5.47. The van der Waals surface area contributed by atoms with Crippen molar-refractivity contribution in [3.8, 4) is 5.88 Å². The van der Waals surface area contributed by atoms with Crippen LogP contribution in [0.15, 0.2) is 18.3 Å². The van der Waals surface area contributed by atoms with Crippen LogP contribution >= 0.6 is 11.8 Å². The third-order valence-electron chi connectivity index (χ3n) is 3.89. The Labute approximate surface area is 117 Å². The number of pyridine rings is 1. The number of likely N-dealkylation sites (tertiary alicyclic amines) is 1. The first-order valence-electron chi connectivity index (χ1n) is 6.73. The molecule has 0 unspecified atom stereocenters. The van der Waals surface area contributed by atoms with Gasteiger partial charge < -0.3 is 4.74 Å². The number of thioether (sulfide) groups is 1. The van der Waals surface area contributed by atoms with Gasteiger partial charge in [-0.15, -0.1) is 11.8 Å². The van der Waals surface area contributed by atoms with E-state index in [0.29, 0.717) is 10.8 Å². The van der Waals surface area contributed by atoms with Gasteiger partial charge in [-0.3, -0.25) is 4.90 Å². The zero-order valence-corrected chi connectivity index (χ0v) is 12.1. The molecule has 1 aromatic heterocycles. The van der Waals surface area contributed by atoms with Gasteiger partial charge in [-0.1, -0.05) is 0 Å². The summed E-state index contributed by atoms with van der Waals surface area (Å²) in [5.41, 5.74) is 0. The average molecular weight is 282 g/mol. The van der Waals surface area contributed by atoms with Crippen molar-refractivity contribution in [2.45, 2.75) is 37.2 Å². The minimum absolute atomic E-state index is 0.0868. The van der Waals surface area contributed by atoms with Crippen LogP contribution in [0.4, 0.5) is 4.39 Å². The number of hydrogen-bond donors (Lipinski definition) is 0. The van der Waals surface area contributed by atoms with E-state index in [1.165, 1.54) is 6.07 Å². The van der Waals surface area contributed by atoms with Crippen molar-refractivity contribution in [1.82, 2.24) is 9.88 Å². The first-order chi connectivity index (χ1) is 9.08. The Morgan fingerprint density at radius 1 is 1.53 bits per heavy atom. The van der Waals surface area contributed by atoms with Crippen LogP contribution in [0.5, 0.6) is 5.88 Å². The van der Waals surface area contributed by atoms with Gasteiger partial charge in [0.1, 0.15) is 6.10 Å². The van der Waals surface area contributed by atoms with Crippen molar-refractivity contribution in [1.29, 1.82) is 0 Å². The largest absolute Gasteiger partial charge is 0.471 e. The maximum atomic E-state index is 13.5. The number of halogens is 1. The van der Waals surface area contributed by atoms with E-state index in [1.807, 2.05) is 11.8 Å². The van der Waals surface area contributed by atoms with Gasteiger partial charge in [-0.2, -0.15) is 0 Å². The maximum Gasteiger partial charge on any atom is 0.250 e. The normalized spacial score (nSPS) is 25.8. The van der Waals surface area contributed by atoms with E-state index in [0.717, 1.165) is 25.3 Å². The van der Waals surface area contributed by atoms with Crippen LogP contribution in [-0.2, 0) is 0 Å². The lowest BCUT2D eigenvalue weighted by atomic mass is 9.92. The van der Waals surface area contributed by atoms with Crippen LogP contribution in [0.25, 0.3) is 0 Å². The Balaban J connectivity index is 1.57. The summed E-state index contributed by atoms with van der Waals surface area (Å²) in [6, 6.07) is 3.59. The van der Waals surface area contributed by atoms with E-state index in [4.69, 9.17) is 4.74 Å². The van der Waals surface area contributed by atoms with Gasteiger partial charge in [0.05, 0.1) is 0 Å². The molecule has 1 atom stereocenters. The molecule has 1 aromatic rings. The molecule has 104 valence electrons. The van der Waals surface area contributed by atoms with Gasteiger partial charge in [-0.25, -0.2) is 9.37 Å². The van der Waals surface area contributed by atoms with E-state index >= 15 is 0 Å². The molecule has 2 fully saturated rings. The summed E-state index contributed by atoms with van der Waals surface area (Å²) in [6.07, 6.45) is 2.65. The summed E-state index contributed by atoms with van der Waals surface area (Å²) in [7, 11) is 0. The molecule has 0 aliphatic carbocycles. The van der Waals surface area contributed by atoms with Gasteiger partial charge in [0, 0.05) is 42.2 Å². The van der Waals surface area contributed by atoms with Crippen molar-refractivity contribution < 1.29 is 9.13 Å². The lowest BCUT2D eigenvalue weighted by Crippen LogP contribution is -2.61. The second-order valence-electron chi connectivity index (χ2n) is 5.73. The van der Waals surface area contributed by atoms with Gasteiger partial charge >= 0.3 is 0 Å². The Morgan fingerprint density at radius 2 is 2.32 bits per heavy atom. The van der Waals surface area contributed by atoms with E-state index in [-0.39, 0.29) is 17.8 Å². The highest BCUT2D eigenvalue weighted by Crippen LogP contribution is 2.46. The molecule has 19 heavy (non-hydrogen) atoms. The fraction of sp³-hybridized carbons (Fsp3) is 0.643. The molecule has 0 radical (unpaired) electrons. The molecule has 1 spiro atoms. The van der Waals surface area contributed by atoms with E-state index in [2.05, 4.69) is 23.7 Å². The second-order valence-corrected chi connectivity index (χ2v) is 7.22. The summed E-state index contributed by atoms with van der Waals surface area (Å²) in [6.45, 7) is 6.70. The van der Waals surface area contributed by atoms with Gasteiger partial charge in [-0.05, 0) is 26.0 Å². The van der Waals surface area contributed by atoms with Crippen molar-refractivity contribution in [2.75, 3.05) is 18.8 Å². The van der Waals surface area contributed by atoms with Crippen LogP contribution in [0.1, 0.15) is 20.3 Å². The molecule has 0 amide bonds. The van der Waals surface area contributed by atoms with E-state index in [9.17, 15) is 4.39 Å². The number of hydrogen-bond acceptors (Lipinski definition) is 4. The molecule has 0 aromatic carbocycles. The molecule has 0 N–H and O–H groups in total. The average Bonchev–Trinajstić information content (AvgIpc) is 2.74. The standard InChI is InChI=1S/C14H19FN2OS/c1-10(2)17-8-14(9-17)6-11(7-19-14)18-13-12(15)4-3-5-16-13/h3-5,10-11H,6-9H2,1-2H3/t11-/m1/s1. The van der Waals surface area contributed by atoms with Gasteiger partial charge in [0.2, 0.25) is 0 Å². The van der Waals surface area contributed by atoms with Crippen LogP contribution in [0.3, 0.4) is 0 Å². The van der Waals surface area contributed by atoms with E-state index < -0.39 is 0 Å². The molecule has 3 rings (SSSR count). The lowest BCUT2D eigenvalue weighted by molar-refractivity contribution is 0.0698. The number of rotatable bonds is 3. The van der Waals surface area contributed by atoms with Crippen molar-refractivity contribution >= 4 is 11.8 Å². The Kier molecular flexibility index (Phi) is 3.43. The van der Waals surface area contributed by atoms with Gasteiger partial charge in [0.25, 0.3) is 5.88 Å². The fourth-order valence-corrected chi connectivity index (χ4v) is 4.32. The molecule has 2 saturated heterocycles. The summed E-state index contributed by atoms with van der Waals surface area (Å²) in [5.74, 6) is 0.707. The van der Waals surface area contributed by atoms with Crippen molar-refractivity contribution in [3.05, 3.63) is 24.1 Å². The Morgan fingerprint density at radius 3 is 3.00 bits per heavy atom. The van der Waals surface area contributed by atoms with Crippen LogP contribution in [0.2, 0.25) is 0 Å². The Hall–Kier alpha value is -0.810. The quantitative estimate of drug-likeness (QED) is 0.851. The highest BCUT2D eigenvalue weighted by Gasteiger charge is 2.50. The molecular formula is C14H19FN2OS. The lowest BCUT2D eigenvalue weighted by Gasteiger charge is -2.49. The highest BCUT2D eigenvalue weighted by atomic mass is 32.2. The molecule has 3 nitrogen and oxygen atoms in total. The smallest absolute Gasteiger partial charge is 0.250 e. The molecule has 3 heterocycles. The summed E-state index contributed by atoms with van der Waals surface area (Å²) >= 11 is 1.97. The first-order valence-corrected chi connectivity index (χ1v) is 7.72. The monoisotopic (exact) mass is 282 g/mol. The first kappa shape index (κ1) is 13.2. The minimum Gasteiger partial charge on any atom is -0.471 e. The molecule has 0 saturated carbocycles. The van der Waals surface area contributed by atoms with Crippen molar-refractivity contribution in [2.24, 2.45) is 0 Å². The van der Waals surface area contributed by atoms with Gasteiger partial charge in [0.15, 0.2) is 5.82 Å². The highest BCUT2D eigenvalue weighted by molar-refractivity contribution is 8.01. The molecule has 5 heteroatoms. The minimum atomic E-state index is -0.370. The molecule has 2 aliphatic rings. The van der Waals surface area contributed by atoms with Crippen molar-refractivity contribution in [3.63, 3.8) is 0 Å². The summed E-state index contributed by atoms with van der Waals surface area (Å²) in [4.78, 5) is 6.43. The maximum absolute atomic E-state index is 13.5.